The summed E-state index contributed by atoms with van der Waals surface area (Å²) in [7, 11) is 0. The van der Waals surface area contributed by atoms with Crippen LogP contribution in [-0.4, -0.2) is 34.0 Å². The van der Waals surface area contributed by atoms with E-state index in [1.165, 1.54) is 0 Å². The number of fused-ring (bicyclic) bond motifs is 1. The second kappa shape index (κ2) is 7.04. The minimum Gasteiger partial charge on any atom is -0.360 e. The summed E-state index contributed by atoms with van der Waals surface area (Å²) in [6, 6.07) is 3.51. The Hall–Kier alpha value is -2.70. The normalized spacial score (nSPS) is 16.4. The average molecular weight is 342 g/mol. The van der Waals surface area contributed by atoms with Crippen LogP contribution in [0.3, 0.4) is 0 Å². The minimum absolute atomic E-state index is 0.0200. The Morgan fingerprint density at radius 1 is 1.28 bits per heavy atom. The topological polar surface area (TPSA) is 97.1 Å². The van der Waals surface area contributed by atoms with Gasteiger partial charge in [-0.15, -0.1) is 0 Å². The monoisotopic (exact) mass is 342 g/mol. The van der Waals surface area contributed by atoms with Crippen LogP contribution in [0.4, 0.5) is 0 Å². The predicted octanol–water partition coefficient (Wildman–Crippen LogP) is 1.80. The van der Waals surface area contributed by atoms with Crippen molar-refractivity contribution in [3.8, 4) is 0 Å². The highest BCUT2D eigenvalue weighted by Crippen LogP contribution is 2.25. The van der Waals surface area contributed by atoms with Crippen molar-refractivity contribution in [3.05, 3.63) is 46.6 Å². The van der Waals surface area contributed by atoms with Crippen LogP contribution >= 0.6 is 0 Å². The fourth-order valence-corrected chi connectivity index (χ4v) is 2.90. The molecule has 0 saturated carbocycles. The van der Waals surface area contributed by atoms with Gasteiger partial charge in [0, 0.05) is 30.3 Å². The molecule has 1 aliphatic carbocycles. The zero-order valence-electron chi connectivity index (χ0n) is 14.6. The Bertz CT molecular complexity index is 780. The van der Waals surface area contributed by atoms with Crippen molar-refractivity contribution in [1.82, 2.24) is 20.8 Å². The Balaban J connectivity index is 1.70. The lowest BCUT2D eigenvalue weighted by Gasteiger charge is -2.22. The van der Waals surface area contributed by atoms with E-state index < -0.39 is 0 Å². The number of nitrogens with zero attached hydrogens (tertiary/aromatic N) is 2. The molecule has 0 spiro atoms. The molecule has 0 radical (unpaired) electrons. The lowest BCUT2D eigenvalue weighted by molar-refractivity contribution is 0.0925. The van der Waals surface area contributed by atoms with Crippen molar-refractivity contribution < 1.29 is 14.1 Å². The van der Waals surface area contributed by atoms with E-state index in [1.54, 1.807) is 12.3 Å². The van der Waals surface area contributed by atoms with Crippen molar-refractivity contribution in [2.24, 2.45) is 0 Å². The predicted molar refractivity (Wildman–Crippen MR) is 91.4 cm³/mol. The first-order valence-electron chi connectivity index (χ1n) is 8.46. The van der Waals surface area contributed by atoms with Crippen LogP contribution in [0.2, 0.25) is 0 Å². The van der Waals surface area contributed by atoms with Gasteiger partial charge in [0.2, 0.25) is 0 Å². The number of pyridine rings is 1. The van der Waals surface area contributed by atoms with Crippen LogP contribution in [0.1, 0.15) is 58.1 Å². The summed E-state index contributed by atoms with van der Waals surface area (Å²) in [4.78, 5) is 28.7. The van der Waals surface area contributed by atoms with E-state index in [0.29, 0.717) is 24.2 Å². The molecule has 2 amide bonds. The molecule has 7 nitrogen and oxygen atoms in total. The maximum Gasteiger partial charge on any atom is 0.273 e. The molecule has 1 aliphatic rings. The summed E-state index contributed by atoms with van der Waals surface area (Å²) in [6.45, 7) is 5.71. The zero-order chi connectivity index (χ0) is 18.0. The molecule has 132 valence electrons. The summed E-state index contributed by atoms with van der Waals surface area (Å²) in [5.74, 6) is 0.276. The van der Waals surface area contributed by atoms with Crippen LogP contribution in [-0.2, 0) is 12.8 Å². The third-order valence-electron chi connectivity index (χ3n) is 4.15. The Morgan fingerprint density at radius 3 is 2.76 bits per heavy atom. The minimum atomic E-state index is -0.243. The summed E-state index contributed by atoms with van der Waals surface area (Å²) in [5.41, 5.74) is 2.49. The highest BCUT2D eigenvalue weighted by Gasteiger charge is 2.29. The SMILES string of the molecule is Cc1ccc(C(=O)NC2CCc3onc(C(=O)NC(C)C)c3C2)nc1. The largest absolute Gasteiger partial charge is 0.360 e. The van der Waals surface area contributed by atoms with Crippen LogP contribution in [0.15, 0.2) is 22.9 Å². The Morgan fingerprint density at radius 2 is 2.08 bits per heavy atom. The smallest absolute Gasteiger partial charge is 0.273 e. The molecule has 0 bridgehead atoms. The van der Waals surface area contributed by atoms with E-state index in [1.807, 2.05) is 26.8 Å². The number of carbonyl (C=O) groups is 2. The van der Waals surface area contributed by atoms with E-state index in [9.17, 15) is 9.59 Å². The maximum atomic E-state index is 12.3. The van der Waals surface area contributed by atoms with Gasteiger partial charge in [-0.3, -0.25) is 14.6 Å². The number of aryl methyl sites for hydroxylation is 2. The van der Waals surface area contributed by atoms with E-state index in [-0.39, 0.29) is 23.9 Å². The lowest BCUT2D eigenvalue weighted by Crippen LogP contribution is -2.39. The maximum absolute atomic E-state index is 12.3. The summed E-state index contributed by atoms with van der Waals surface area (Å²) < 4.78 is 5.31. The van der Waals surface area contributed by atoms with Crippen molar-refractivity contribution in [2.45, 2.75) is 52.1 Å². The second-order valence-corrected chi connectivity index (χ2v) is 6.70. The standard InChI is InChI=1S/C18H22N4O3/c1-10(2)20-18(24)16-13-8-12(5-7-15(13)25-22-16)21-17(23)14-6-4-11(3)9-19-14/h4,6,9-10,12H,5,7-8H2,1-3H3,(H,20,24)(H,21,23). The molecular weight excluding hydrogens is 320 g/mol. The molecule has 0 aromatic carbocycles. The molecule has 2 heterocycles. The quantitative estimate of drug-likeness (QED) is 0.883. The molecule has 2 N–H and O–H groups in total. The summed E-state index contributed by atoms with van der Waals surface area (Å²) in [6.07, 6.45) is 3.58. The van der Waals surface area contributed by atoms with Crippen LogP contribution in [0.5, 0.6) is 0 Å². The number of hydrogen-bond acceptors (Lipinski definition) is 5. The summed E-state index contributed by atoms with van der Waals surface area (Å²) in [5, 5.41) is 9.73. The van der Waals surface area contributed by atoms with Crippen LogP contribution in [0.25, 0.3) is 0 Å². The number of hydrogen-bond donors (Lipinski definition) is 2. The van der Waals surface area contributed by atoms with Crippen LogP contribution < -0.4 is 10.6 Å². The molecule has 0 saturated heterocycles. The summed E-state index contributed by atoms with van der Waals surface area (Å²) >= 11 is 0. The van der Waals surface area contributed by atoms with Gasteiger partial charge in [-0.1, -0.05) is 11.2 Å². The van der Waals surface area contributed by atoms with Gasteiger partial charge in [-0.25, -0.2) is 0 Å². The van der Waals surface area contributed by atoms with E-state index >= 15 is 0 Å². The van der Waals surface area contributed by atoms with E-state index in [4.69, 9.17) is 4.52 Å². The fraction of sp³-hybridized carbons (Fsp3) is 0.444. The molecule has 1 atom stereocenters. The van der Waals surface area contributed by atoms with Gasteiger partial charge in [0.1, 0.15) is 11.5 Å². The fourth-order valence-electron chi connectivity index (χ4n) is 2.90. The van der Waals surface area contributed by atoms with Crippen LogP contribution in [0, 0.1) is 6.92 Å². The van der Waals surface area contributed by atoms with E-state index in [2.05, 4.69) is 20.8 Å². The third kappa shape index (κ3) is 3.87. The first kappa shape index (κ1) is 17.1. The van der Waals surface area contributed by atoms with Gasteiger partial charge in [-0.05, 0) is 45.2 Å². The van der Waals surface area contributed by atoms with Gasteiger partial charge >= 0.3 is 0 Å². The molecule has 1 unspecified atom stereocenters. The van der Waals surface area contributed by atoms with Gasteiger partial charge in [-0.2, -0.15) is 0 Å². The van der Waals surface area contributed by atoms with Gasteiger partial charge in [0.05, 0.1) is 0 Å². The zero-order valence-corrected chi connectivity index (χ0v) is 14.6. The first-order valence-corrected chi connectivity index (χ1v) is 8.46. The Kier molecular flexibility index (Phi) is 4.83. The van der Waals surface area contributed by atoms with Crippen molar-refractivity contribution in [3.63, 3.8) is 0 Å². The third-order valence-corrected chi connectivity index (χ3v) is 4.15. The number of carbonyl (C=O) groups excluding carboxylic acids is 2. The molecule has 2 aromatic heterocycles. The number of amides is 2. The first-order chi connectivity index (χ1) is 11.9. The number of nitrogens with one attached hydrogen (secondary N) is 2. The van der Waals surface area contributed by atoms with E-state index in [0.717, 1.165) is 23.3 Å². The average Bonchev–Trinajstić information content (AvgIpc) is 2.98. The second-order valence-electron chi connectivity index (χ2n) is 6.70. The van der Waals surface area contributed by atoms with Crippen molar-refractivity contribution in [2.75, 3.05) is 0 Å². The highest BCUT2D eigenvalue weighted by molar-refractivity contribution is 5.94. The molecule has 25 heavy (non-hydrogen) atoms. The number of rotatable bonds is 4. The molecule has 3 rings (SSSR count). The van der Waals surface area contributed by atoms with Gasteiger partial charge in [0.25, 0.3) is 11.8 Å². The van der Waals surface area contributed by atoms with Gasteiger partial charge in [0.15, 0.2) is 5.69 Å². The van der Waals surface area contributed by atoms with Crippen molar-refractivity contribution in [1.29, 1.82) is 0 Å². The molecule has 0 aliphatic heterocycles. The lowest BCUT2D eigenvalue weighted by atomic mass is 9.91. The van der Waals surface area contributed by atoms with Gasteiger partial charge < -0.3 is 15.2 Å². The Labute approximate surface area is 146 Å². The number of aromatic nitrogens is 2. The highest BCUT2D eigenvalue weighted by atomic mass is 16.5. The molecule has 0 fully saturated rings. The molecule has 7 heteroatoms. The molecular formula is C18H22N4O3. The molecule has 2 aromatic rings. The van der Waals surface area contributed by atoms with Crippen molar-refractivity contribution >= 4 is 11.8 Å².